The average molecular weight is 674 g/mol. The standard InChI is InChI=1S/C34H33F2N3O7.K.H/c1-44-29-19-24-26(20-30(29)45-17-5-3-2-4-6-31(40)41)37-16-13-27(24)46-28-12-11-23(18-25(28)36)39-33(43)34(14-15-34)32(42)38-22-9-7-21(35)8-10-22;;/h7-13,16,18-20H,2-6,14-15,17H2,1H3,(H,38,42)(H,39,43)(H,40,41);;. The quantitative estimate of drug-likeness (QED) is 0.0746. The van der Waals surface area contributed by atoms with E-state index in [9.17, 15) is 18.8 Å². The van der Waals surface area contributed by atoms with Crippen LogP contribution in [0.2, 0.25) is 0 Å². The minimum atomic E-state index is -1.29. The van der Waals surface area contributed by atoms with Crippen LogP contribution in [0.1, 0.15) is 44.9 Å². The van der Waals surface area contributed by atoms with Crippen LogP contribution < -0.4 is 24.8 Å². The summed E-state index contributed by atoms with van der Waals surface area (Å²) in [5, 5.41) is 14.6. The number of nitrogens with zero attached hydrogens (tertiary/aromatic N) is 1. The topological polar surface area (TPSA) is 136 Å². The van der Waals surface area contributed by atoms with E-state index in [1.54, 1.807) is 18.2 Å². The Morgan fingerprint density at radius 1 is 0.830 bits per heavy atom. The van der Waals surface area contributed by atoms with E-state index in [0.717, 1.165) is 25.3 Å². The number of aliphatic carboxylic acids is 1. The number of carboxylic acid groups (broad SMARTS) is 1. The van der Waals surface area contributed by atoms with Crippen LogP contribution >= 0.6 is 0 Å². The van der Waals surface area contributed by atoms with Gasteiger partial charge < -0.3 is 30.0 Å². The summed E-state index contributed by atoms with van der Waals surface area (Å²) >= 11 is 0. The number of pyridine rings is 1. The molecule has 0 bridgehead atoms. The third-order valence-corrected chi connectivity index (χ3v) is 7.66. The molecule has 242 valence electrons. The first-order chi connectivity index (χ1) is 22.2. The predicted molar refractivity (Wildman–Crippen MR) is 173 cm³/mol. The van der Waals surface area contributed by atoms with Crippen molar-refractivity contribution in [2.75, 3.05) is 24.4 Å². The molecule has 5 rings (SSSR count). The average Bonchev–Trinajstić information content (AvgIpc) is 3.85. The molecular formula is C34H34F2KN3O7. The maximum absolute atomic E-state index is 15.2. The van der Waals surface area contributed by atoms with E-state index in [-0.39, 0.29) is 69.2 Å². The molecule has 3 N–H and O–H groups in total. The molecule has 0 spiro atoms. The number of unbranched alkanes of at least 4 members (excludes halogenated alkanes) is 3. The molecule has 2 amide bonds. The number of hydrogen-bond acceptors (Lipinski definition) is 7. The zero-order chi connectivity index (χ0) is 32.7. The Bertz CT molecular complexity index is 1750. The predicted octanol–water partition coefficient (Wildman–Crippen LogP) is 6.44. The third kappa shape index (κ3) is 9.26. The molecule has 1 aromatic heterocycles. The number of carboxylic acids is 1. The number of rotatable bonds is 15. The molecule has 13 heteroatoms. The van der Waals surface area contributed by atoms with Gasteiger partial charge >= 0.3 is 57.4 Å². The number of anilines is 2. The molecule has 10 nitrogen and oxygen atoms in total. The molecule has 0 unspecified atom stereocenters. The molecule has 1 heterocycles. The number of ether oxygens (including phenoxy) is 3. The van der Waals surface area contributed by atoms with Crippen LogP contribution in [-0.2, 0) is 14.4 Å². The van der Waals surface area contributed by atoms with Gasteiger partial charge in [-0.25, -0.2) is 8.78 Å². The van der Waals surface area contributed by atoms with E-state index >= 15 is 4.39 Å². The van der Waals surface area contributed by atoms with Gasteiger partial charge in [0.05, 0.1) is 19.2 Å². The van der Waals surface area contributed by atoms with E-state index in [1.165, 1.54) is 49.7 Å². The summed E-state index contributed by atoms with van der Waals surface area (Å²) in [6, 6.07) is 14.2. The fourth-order valence-electron chi connectivity index (χ4n) is 4.90. The van der Waals surface area contributed by atoms with E-state index in [2.05, 4.69) is 15.6 Å². The van der Waals surface area contributed by atoms with E-state index in [0.29, 0.717) is 59.7 Å². The van der Waals surface area contributed by atoms with Crippen molar-refractivity contribution in [3.63, 3.8) is 0 Å². The molecule has 4 aromatic rings. The number of halogens is 2. The van der Waals surface area contributed by atoms with Crippen molar-refractivity contribution < 1.29 is 42.5 Å². The van der Waals surface area contributed by atoms with Crippen molar-refractivity contribution in [1.29, 1.82) is 0 Å². The molecule has 1 saturated carbocycles. The Morgan fingerprint density at radius 3 is 2.17 bits per heavy atom. The first kappa shape index (κ1) is 36.2. The van der Waals surface area contributed by atoms with Crippen LogP contribution in [0, 0.1) is 17.0 Å². The second-order valence-corrected chi connectivity index (χ2v) is 11.0. The minimum absolute atomic E-state index is 0. The SMILES string of the molecule is COc1cc2c(Oc3ccc(NC(=O)C4(C(=O)Nc5ccc(F)cc5)CC4)cc3F)ccnc2cc1OCCCCCCC(=O)O.[KH]. The van der Waals surface area contributed by atoms with Crippen molar-refractivity contribution in [2.45, 2.75) is 44.9 Å². The van der Waals surface area contributed by atoms with Crippen LogP contribution in [0.4, 0.5) is 20.2 Å². The van der Waals surface area contributed by atoms with Crippen molar-refractivity contribution >= 4 is 91.4 Å². The van der Waals surface area contributed by atoms with Crippen LogP contribution in [0.3, 0.4) is 0 Å². The van der Waals surface area contributed by atoms with Gasteiger partial charge in [0.1, 0.15) is 17.0 Å². The summed E-state index contributed by atoms with van der Waals surface area (Å²) in [5.41, 5.74) is -0.238. The Labute approximate surface area is 312 Å². The second-order valence-electron chi connectivity index (χ2n) is 11.0. The third-order valence-electron chi connectivity index (χ3n) is 7.66. The van der Waals surface area contributed by atoms with Crippen LogP contribution in [0.5, 0.6) is 23.0 Å². The zero-order valence-electron chi connectivity index (χ0n) is 25.1. The molecule has 1 aliphatic carbocycles. The molecule has 47 heavy (non-hydrogen) atoms. The van der Waals surface area contributed by atoms with Crippen molar-refractivity contribution in [2.24, 2.45) is 5.41 Å². The molecule has 0 saturated heterocycles. The molecular weight excluding hydrogens is 639 g/mol. The van der Waals surface area contributed by atoms with E-state index in [1.807, 2.05) is 0 Å². The number of amides is 2. The number of carbonyl (C=O) groups is 3. The fourth-order valence-corrected chi connectivity index (χ4v) is 4.90. The number of fused-ring (bicyclic) bond motifs is 1. The monoisotopic (exact) mass is 673 g/mol. The summed E-state index contributed by atoms with van der Waals surface area (Å²) in [4.78, 5) is 40.9. The van der Waals surface area contributed by atoms with Crippen molar-refractivity contribution in [3.05, 3.63) is 78.5 Å². The number of aromatic nitrogens is 1. The van der Waals surface area contributed by atoms with Gasteiger partial charge in [-0.2, -0.15) is 0 Å². The van der Waals surface area contributed by atoms with Gasteiger partial charge in [-0.3, -0.25) is 19.4 Å². The van der Waals surface area contributed by atoms with Gasteiger partial charge in [-0.05, 0) is 74.2 Å². The number of nitrogens with one attached hydrogen (secondary N) is 2. The number of carbonyl (C=O) groups excluding carboxylic acids is 2. The first-order valence-electron chi connectivity index (χ1n) is 14.9. The molecule has 1 aliphatic rings. The van der Waals surface area contributed by atoms with Gasteiger partial charge in [0.15, 0.2) is 23.1 Å². The first-order valence-corrected chi connectivity index (χ1v) is 14.9. The summed E-state index contributed by atoms with van der Waals surface area (Å²) < 4.78 is 45.7. The Morgan fingerprint density at radius 2 is 1.51 bits per heavy atom. The van der Waals surface area contributed by atoms with Crippen molar-refractivity contribution in [3.8, 4) is 23.0 Å². The van der Waals surface area contributed by atoms with Crippen LogP contribution in [0.15, 0.2) is 66.9 Å². The van der Waals surface area contributed by atoms with Crippen molar-refractivity contribution in [1.82, 2.24) is 4.98 Å². The number of benzene rings is 3. The number of methoxy groups -OCH3 is 1. The molecule has 0 aliphatic heterocycles. The normalized spacial score (nSPS) is 12.8. The second kappa shape index (κ2) is 16.5. The summed E-state index contributed by atoms with van der Waals surface area (Å²) in [7, 11) is 1.50. The zero-order valence-corrected chi connectivity index (χ0v) is 25.1. The fraction of sp³-hybridized carbons (Fsp3) is 0.294. The Hall–Kier alpha value is -3.62. The maximum atomic E-state index is 15.2. The van der Waals surface area contributed by atoms with Gasteiger partial charge in [-0.15, -0.1) is 0 Å². The van der Waals surface area contributed by atoms with Crippen LogP contribution in [0.25, 0.3) is 10.9 Å². The van der Waals surface area contributed by atoms with Gasteiger partial charge in [0.2, 0.25) is 11.8 Å². The van der Waals surface area contributed by atoms with E-state index < -0.39 is 34.8 Å². The van der Waals surface area contributed by atoms with E-state index in [4.69, 9.17) is 19.3 Å². The summed E-state index contributed by atoms with van der Waals surface area (Å²) in [6.45, 7) is 0.416. The summed E-state index contributed by atoms with van der Waals surface area (Å²) in [5.74, 6) is -1.92. The Kier molecular flexibility index (Phi) is 12.7. The molecule has 1 fully saturated rings. The Balaban J connectivity index is 0.00000500. The number of hydrogen-bond donors (Lipinski definition) is 3. The summed E-state index contributed by atoms with van der Waals surface area (Å²) in [6.07, 6.45) is 5.34. The van der Waals surface area contributed by atoms with Gasteiger partial charge in [0, 0.05) is 41.5 Å². The molecule has 0 radical (unpaired) electrons. The van der Waals surface area contributed by atoms with Crippen LogP contribution in [-0.4, -0.2) is 93.0 Å². The van der Waals surface area contributed by atoms with Gasteiger partial charge in [0.25, 0.3) is 0 Å². The van der Waals surface area contributed by atoms with Gasteiger partial charge in [-0.1, -0.05) is 12.8 Å². The molecule has 3 aromatic carbocycles. The molecule has 0 atom stereocenters.